The lowest BCUT2D eigenvalue weighted by Crippen LogP contribution is -2.35. The second-order valence-electron chi connectivity index (χ2n) is 2.58. The minimum absolute atomic E-state index is 0.127. The van der Waals surface area contributed by atoms with E-state index in [0.29, 0.717) is 6.61 Å². The van der Waals surface area contributed by atoms with E-state index in [1.54, 1.807) is 0 Å². The summed E-state index contributed by atoms with van der Waals surface area (Å²) in [6, 6.07) is 0.127. The summed E-state index contributed by atoms with van der Waals surface area (Å²) in [6.07, 6.45) is 3.00. The van der Waals surface area contributed by atoms with Crippen molar-refractivity contribution >= 4 is 0 Å². The van der Waals surface area contributed by atoms with Crippen molar-refractivity contribution in [3.05, 3.63) is 18.5 Å². The average Bonchev–Trinajstić information content (AvgIpc) is 2.21. The summed E-state index contributed by atoms with van der Waals surface area (Å²) in [4.78, 5) is 11.8. The molecule has 0 aromatic carbocycles. The van der Waals surface area contributed by atoms with E-state index < -0.39 is 0 Å². The Bertz CT molecular complexity index is 234. The van der Waals surface area contributed by atoms with Gasteiger partial charge in [-0.1, -0.05) is 0 Å². The van der Waals surface area contributed by atoms with E-state index in [0.717, 1.165) is 19.0 Å². The quantitative estimate of drug-likeness (QED) is 0.611. The lowest BCUT2D eigenvalue weighted by Gasteiger charge is -2.21. The number of ether oxygens (including phenoxy) is 1. The van der Waals surface area contributed by atoms with Gasteiger partial charge in [0.25, 0.3) is 0 Å². The highest BCUT2D eigenvalue weighted by Gasteiger charge is 2.16. The maximum absolute atomic E-state index is 5.27. The van der Waals surface area contributed by atoms with Crippen LogP contribution < -0.4 is 5.32 Å². The number of nitrogens with one attached hydrogen (secondary N) is 1. The van der Waals surface area contributed by atoms with Gasteiger partial charge in [0.15, 0.2) is 5.82 Å². The van der Waals surface area contributed by atoms with Gasteiger partial charge in [0.2, 0.25) is 0 Å². The Kier molecular flexibility index (Phi) is 2.24. The molecule has 1 N–H and O–H groups in total. The zero-order chi connectivity index (χ0) is 8.23. The van der Waals surface area contributed by atoms with Gasteiger partial charge < -0.3 is 10.1 Å². The lowest BCUT2D eigenvalue weighted by molar-refractivity contribution is 0.0741. The van der Waals surface area contributed by atoms with Crippen LogP contribution in [-0.2, 0) is 4.74 Å². The van der Waals surface area contributed by atoms with Crippen LogP contribution in [0.25, 0.3) is 0 Å². The molecule has 2 rings (SSSR count). The van der Waals surface area contributed by atoms with E-state index in [1.165, 1.54) is 12.7 Å². The monoisotopic (exact) mass is 166 g/mol. The van der Waals surface area contributed by atoms with Crippen LogP contribution in [0.1, 0.15) is 11.9 Å². The zero-order valence-electron chi connectivity index (χ0n) is 6.60. The molecule has 2 heterocycles. The Balaban J connectivity index is 2.08. The molecule has 64 valence electrons. The minimum atomic E-state index is 0.127. The van der Waals surface area contributed by atoms with Gasteiger partial charge >= 0.3 is 0 Å². The number of aromatic nitrogens is 3. The van der Waals surface area contributed by atoms with Crippen LogP contribution in [0, 0.1) is 0 Å². The SMILES string of the molecule is c1ncnc(C2COCCN2)n1. The molecule has 1 saturated heterocycles. The molecule has 0 radical (unpaired) electrons. The molecule has 0 amide bonds. The maximum Gasteiger partial charge on any atom is 0.151 e. The van der Waals surface area contributed by atoms with E-state index in [1.807, 2.05) is 0 Å². The Morgan fingerprint density at radius 3 is 2.92 bits per heavy atom. The fourth-order valence-corrected chi connectivity index (χ4v) is 1.16. The molecule has 12 heavy (non-hydrogen) atoms. The molecule has 1 aromatic rings. The van der Waals surface area contributed by atoms with Crippen LogP contribution in [0.2, 0.25) is 0 Å². The van der Waals surface area contributed by atoms with Crippen molar-refractivity contribution < 1.29 is 4.74 Å². The van der Waals surface area contributed by atoms with Crippen LogP contribution in [0.5, 0.6) is 0 Å². The third-order valence-corrected chi connectivity index (χ3v) is 1.75. The fourth-order valence-electron chi connectivity index (χ4n) is 1.16. The van der Waals surface area contributed by atoms with Crippen molar-refractivity contribution in [2.24, 2.45) is 0 Å². The number of morpholine rings is 1. The lowest BCUT2D eigenvalue weighted by atomic mass is 10.2. The van der Waals surface area contributed by atoms with Crippen molar-refractivity contribution in [3.63, 3.8) is 0 Å². The molecule has 0 saturated carbocycles. The summed E-state index contributed by atoms with van der Waals surface area (Å²) < 4.78 is 5.27. The standard InChI is InChI=1S/C7H10N4O/c1-2-12-3-6(9-1)7-10-4-8-5-11-7/h4-6,9H,1-3H2. The number of hydrogen-bond acceptors (Lipinski definition) is 5. The van der Waals surface area contributed by atoms with Gasteiger partial charge in [0, 0.05) is 6.54 Å². The first kappa shape index (κ1) is 7.57. The molecule has 1 atom stereocenters. The van der Waals surface area contributed by atoms with E-state index in [-0.39, 0.29) is 6.04 Å². The number of rotatable bonds is 1. The summed E-state index contributed by atoms with van der Waals surface area (Å²) in [5.41, 5.74) is 0. The van der Waals surface area contributed by atoms with Crippen LogP contribution in [0.15, 0.2) is 12.7 Å². The van der Waals surface area contributed by atoms with Gasteiger partial charge in [-0.05, 0) is 0 Å². The first-order valence-corrected chi connectivity index (χ1v) is 3.90. The molecule has 0 aliphatic carbocycles. The highest BCUT2D eigenvalue weighted by Crippen LogP contribution is 2.08. The summed E-state index contributed by atoms with van der Waals surface area (Å²) in [5, 5.41) is 3.26. The Hall–Kier alpha value is -1.07. The topological polar surface area (TPSA) is 59.9 Å². The van der Waals surface area contributed by atoms with Crippen LogP contribution in [-0.4, -0.2) is 34.7 Å². The van der Waals surface area contributed by atoms with Gasteiger partial charge in [-0.3, -0.25) is 0 Å². The summed E-state index contributed by atoms with van der Waals surface area (Å²) in [5.74, 6) is 0.754. The molecular formula is C7H10N4O. The highest BCUT2D eigenvalue weighted by molar-refractivity contribution is 4.93. The van der Waals surface area contributed by atoms with Crippen molar-refractivity contribution in [3.8, 4) is 0 Å². The molecule has 1 fully saturated rings. The minimum Gasteiger partial charge on any atom is -0.378 e. The normalized spacial score (nSPS) is 23.8. The van der Waals surface area contributed by atoms with Gasteiger partial charge in [-0.2, -0.15) is 0 Å². The molecular weight excluding hydrogens is 156 g/mol. The summed E-state index contributed by atoms with van der Waals surface area (Å²) in [7, 11) is 0. The summed E-state index contributed by atoms with van der Waals surface area (Å²) in [6.45, 7) is 2.27. The molecule has 1 aliphatic heterocycles. The Labute approximate surface area is 70.2 Å². The molecule has 1 unspecified atom stereocenters. The molecule has 1 aromatic heterocycles. The van der Waals surface area contributed by atoms with Crippen molar-refractivity contribution in [1.29, 1.82) is 0 Å². The molecule has 1 aliphatic rings. The molecule has 0 spiro atoms. The second-order valence-corrected chi connectivity index (χ2v) is 2.58. The van der Waals surface area contributed by atoms with Crippen molar-refractivity contribution in [2.45, 2.75) is 6.04 Å². The van der Waals surface area contributed by atoms with E-state index in [4.69, 9.17) is 4.74 Å². The van der Waals surface area contributed by atoms with Crippen molar-refractivity contribution in [1.82, 2.24) is 20.3 Å². The van der Waals surface area contributed by atoms with Gasteiger partial charge in [-0.15, -0.1) is 0 Å². The second kappa shape index (κ2) is 3.55. The van der Waals surface area contributed by atoms with Gasteiger partial charge in [0.1, 0.15) is 12.7 Å². The number of hydrogen-bond donors (Lipinski definition) is 1. The predicted molar refractivity (Wildman–Crippen MR) is 41.4 cm³/mol. The molecule has 0 bridgehead atoms. The van der Waals surface area contributed by atoms with Crippen molar-refractivity contribution in [2.75, 3.05) is 19.8 Å². The van der Waals surface area contributed by atoms with Crippen LogP contribution >= 0.6 is 0 Å². The first-order chi connectivity index (χ1) is 5.97. The third kappa shape index (κ3) is 1.57. The molecule has 5 heteroatoms. The Morgan fingerprint density at radius 2 is 2.25 bits per heavy atom. The van der Waals surface area contributed by atoms with E-state index in [2.05, 4.69) is 20.3 Å². The van der Waals surface area contributed by atoms with Crippen LogP contribution in [0.3, 0.4) is 0 Å². The fraction of sp³-hybridized carbons (Fsp3) is 0.571. The van der Waals surface area contributed by atoms with Gasteiger partial charge in [0.05, 0.1) is 19.3 Å². The zero-order valence-corrected chi connectivity index (χ0v) is 6.60. The average molecular weight is 166 g/mol. The maximum atomic E-state index is 5.27. The Morgan fingerprint density at radius 1 is 1.42 bits per heavy atom. The third-order valence-electron chi connectivity index (χ3n) is 1.75. The largest absolute Gasteiger partial charge is 0.378 e. The first-order valence-electron chi connectivity index (χ1n) is 3.90. The molecule has 5 nitrogen and oxygen atoms in total. The highest BCUT2D eigenvalue weighted by atomic mass is 16.5. The summed E-state index contributed by atoms with van der Waals surface area (Å²) >= 11 is 0. The van der Waals surface area contributed by atoms with E-state index >= 15 is 0 Å². The predicted octanol–water partition coefficient (Wildman–Crippen LogP) is -0.468. The van der Waals surface area contributed by atoms with Crippen LogP contribution in [0.4, 0.5) is 0 Å². The van der Waals surface area contributed by atoms with E-state index in [9.17, 15) is 0 Å². The number of nitrogens with zero attached hydrogens (tertiary/aromatic N) is 3. The van der Waals surface area contributed by atoms with Gasteiger partial charge in [-0.25, -0.2) is 15.0 Å². The smallest absolute Gasteiger partial charge is 0.151 e.